The Balaban J connectivity index is 1.50. The van der Waals surface area contributed by atoms with E-state index >= 15 is 0 Å². The zero-order chi connectivity index (χ0) is 19.5. The van der Waals surface area contributed by atoms with Crippen LogP contribution in [0.1, 0.15) is 17.7 Å². The number of carbonyl (C=O) groups is 1. The number of thioether (sulfide) groups is 1. The summed E-state index contributed by atoms with van der Waals surface area (Å²) in [7, 11) is 0. The highest BCUT2D eigenvalue weighted by Crippen LogP contribution is 2.28. The number of halogens is 1. The molecule has 4 nitrogen and oxygen atoms in total. The topological polar surface area (TPSA) is 46.1 Å². The van der Waals surface area contributed by atoms with Crippen LogP contribution in [-0.2, 0) is 11.2 Å². The molecule has 0 saturated heterocycles. The molecular weight excluding hydrogens is 373 g/mol. The predicted molar refractivity (Wildman–Crippen MR) is 110 cm³/mol. The van der Waals surface area contributed by atoms with E-state index in [1.54, 1.807) is 12.1 Å². The van der Waals surface area contributed by atoms with Crippen molar-refractivity contribution in [2.24, 2.45) is 0 Å². The molecule has 0 unspecified atom stereocenters. The summed E-state index contributed by atoms with van der Waals surface area (Å²) in [4.78, 5) is 23.6. The quantitative estimate of drug-likeness (QED) is 0.478. The van der Waals surface area contributed by atoms with E-state index in [2.05, 4.69) is 16.0 Å². The number of fused-ring (bicyclic) bond motifs is 1. The van der Waals surface area contributed by atoms with Crippen LogP contribution in [0.4, 0.5) is 10.1 Å². The molecular formula is C22H20FN3OS. The van der Waals surface area contributed by atoms with Crippen molar-refractivity contribution in [2.45, 2.75) is 24.8 Å². The van der Waals surface area contributed by atoms with Gasteiger partial charge in [-0.15, -0.1) is 0 Å². The van der Waals surface area contributed by atoms with Gasteiger partial charge < -0.3 is 4.90 Å². The molecule has 1 amide bonds. The third-order valence-electron chi connectivity index (χ3n) is 4.67. The Kier molecular flexibility index (Phi) is 5.39. The molecule has 2 aromatic carbocycles. The van der Waals surface area contributed by atoms with E-state index < -0.39 is 0 Å². The van der Waals surface area contributed by atoms with Crippen molar-refractivity contribution in [3.63, 3.8) is 0 Å². The maximum absolute atomic E-state index is 13.5. The molecule has 3 aromatic rings. The number of para-hydroxylation sites is 1. The SMILES string of the molecule is Cc1cc(SCC(=O)N2CCCc3ccccc32)nc(-c2cccc(F)c2)n1. The van der Waals surface area contributed by atoms with Gasteiger partial charge in [-0.25, -0.2) is 14.4 Å². The lowest BCUT2D eigenvalue weighted by Gasteiger charge is -2.29. The largest absolute Gasteiger partial charge is 0.311 e. The summed E-state index contributed by atoms with van der Waals surface area (Å²) in [5.41, 5.74) is 3.64. The number of amides is 1. The summed E-state index contributed by atoms with van der Waals surface area (Å²) >= 11 is 1.39. The highest BCUT2D eigenvalue weighted by molar-refractivity contribution is 7.99. The molecule has 1 aliphatic heterocycles. The van der Waals surface area contributed by atoms with Gasteiger partial charge in [0.2, 0.25) is 5.91 Å². The number of nitrogens with zero attached hydrogens (tertiary/aromatic N) is 3. The van der Waals surface area contributed by atoms with Gasteiger partial charge in [0, 0.05) is 23.5 Å². The molecule has 0 N–H and O–H groups in total. The fourth-order valence-electron chi connectivity index (χ4n) is 3.38. The molecule has 0 bridgehead atoms. The monoisotopic (exact) mass is 393 g/mol. The Morgan fingerprint density at radius 3 is 2.86 bits per heavy atom. The fourth-order valence-corrected chi connectivity index (χ4v) is 4.21. The predicted octanol–water partition coefficient (Wildman–Crippen LogP) is 4.66. The molecule has 0 aliphatic carbocycles. The number of aryl methyl sites for hydroxylation is 2. The van der Waals surface area contributed by atoms with Gasteiger partial charge in [0.1, 0.15) is 10.8 Å². The van der Waals surface area contributed by atoms with Crippen LogP contribution in [0.5, 0.6) is 0 Å². The molecule has 0 fully saturated rings. The summed E-state index contributed by atoms with van der Waals surface area (Å²) in [6.07, 6.45) is 1.99. The number of rotatable bonds is 4. The summed E-state index contributed by atoms with van der Waals surface area (Å²) in [6.45, 7) is 2.62. The fraction of sp³-hybridized carbons (Fsp3) is 0.227. The Morgan fingerprint density at radius 1 is 1.14 bits per heavy atom. The molecule has 142 valence electrons. The Bertz CT molecular complexity index is 1020. The summed E-state index contributed by atoms with van der Waals surface area (Å²) < 4.78 is 13.5. The molecule has 0 atom stereocenters. The lowest BCUT2D eigenvalue weighted by Crippen LogP contribution is -2.36. The molecule has 0 spiro atoms. The van der Waals surface area contributed by atoms with E-state index in [1.807, 2.05) is 36.1 Å². The van der Waals surface area contributed by atoms with Crippen molar-refractivity contribution < 1.29 is 9.18 Å². The van der Waals surface area contributed by atoms with Crippen LogP contribution >= 0.6 is 11.8 Å². The number of benzene rings is 2. The average molecular weight is 393 g/mol. The van der Waals surface area contributed by atoms with Crippen LogP contribution < -0.4 is 4.90 Å². The summed E-state index contributed by atoms with van der Waals surface area (Å²) in [5, 5.41) is 0.713. The molecule has 0 saturated carbocycles. The normalized spacial score (nSPS) is 13.3. The van der Waals surface area contributed by atoms with E-state index in [0.717, 1.165) is 30.8 Å². The van der Waals surface area contributed by atoms with E-state index in [9.17, 15) is 9.18 Å². The number of hydrogen-bond acceptors (Lipinski definition) is 4. The second kappa shape index (κ2) is 8.10. The smallest absolute Gasteiger partial charge is 0.237 e. The summed E-state index contributed by atoms with van der Waals surface area (Å²) in [6, 6.07) is 16.2. The van der Waals surface area contributed by atoms with Crippen molar-refractivity contribution in [2.75, 3.05) is 17.2 Å². The third-order valence-corrected chi connectivity index (χ3v) is 5.56. The lowest BCUT2D eigenvalue weighted by atomic mass is 10.0. The van der Waals surface area contributed by atoms with E-state index in [4.69, 9.17) is 0 Å². The highest BCUT2D eigenvalue weighted by atomic mass is 32.2. The third kappa shape index (κ3) is 4.07. The number of aromatic nitrogens is 2. The van der Waals surface area contributed by atoms with Gasteiger partial charge in [0.05, 0.1) is 5.75 Å². The molecule has 1 aliphatic rings. The first-order valence-corrected chi connectivity index (χ1v) is 10.2. The summed E-state index contributed by atoms with van der Waals surface area (Å²) in [5.74, 6) is 0.516. The van der Waals surface area contributed by atoms with Gasteiger partial charge in [-0.1, -0.05) is 42.1 Å². The molecule has 1 aromatic heterocycles. The van der Waals surface area contributed by atoms with Gasteiger partial charge in [0.15, 0.2) is 5.82 Å². The Hall–Kier alpha value is -2.73. The first kappa shape index (κ1) is 18.6. The minimum atomic E-state index is -0.323. The minimum Gasteiger partial charge on any atom is -0.311 e. The molecule has 2 heterocycles. The van der Waals surface area contributed by atoms with Crippen molar-refractivity contribution in [3.8, 4) is 11.4 Å². The van der Waals surface area contributed by atoms with Gasteiger partial charge in [-0.05, 0) is 49.6 Å². The van der Waals surface area contributed by atoms with Crippen LogP contribution in [0.2, 0.25) is 0 Å². The van der Waals surface area contributed by atoms with E-state index in [-0.39, 0.29) is 11.7 Å². The van der Waals surface area contributed by atoms with Crippen molar-refractivity contribution in [3.05, 3.63) is 71.7 Å². The van der Waals surface area contributed by atoms with Crippen molar-refractivity contribution in [1.82, 2.24) is 9.97 Å². The van der Waals surface area contributed by atoms with Gasteiger partial charge in [-0.3, -0.25) is 4.79 Å². The number of hydrogen-bond donors (Lipinski definition) is 0. The second-order valence-electron chi connectivity index (χ2n) is 6.75. The van der Waals surface area contributed by atoms with Crippen LogP contribution in [0, 0.1) is 12.7 Å². The molecule has 4 rings (SSSR count). The average Bonchev–Trinajstić information content (AvgIpc) is 2.71. The maximum Gasteiger partial charge on any atom is 0.237 e. The van der Waals surface area contributed by atoms with E-state index in [0.29, 0.717) is 22.2 Å². The standard InChI is InChI=1S/C22H20FN3OS/c1-15-12-20(25-22(24-15)17-7-4-9-18(23)13-17)28-14-21(27)26-11-5-8-16-6-2-3-10-19(16)26/h2-4,6-7,9-10,12-13H,5,8,11,14H2,1H3. The van der Waals surface area contributed by atoms with Gasteiger partial charge >= 0.3 is 0 Å². The first-order chi connectivity index (χ1) is 13.6. The lowest BCUT2D eigenvalue weighted by molar-refractivity contribution is -0.116. The van der Waals surface area contributed by atoms with Crippen LogP contribution in [0.25, 0.3) is 11.4 Å². The van der Waals surface area contributed by atoms with Crippen LogP contribution in [0.3, 0.4) is 0 Å². The van der Waals surface area contributed by atoms with Crippen molar-refractivity contribution in [1.29, 1.82) is 0 Å². The zero-order valence-corrected chi connectivity index (χ0v) is 16.4. The Labute approximate surface area is 167 Å². The second-order valence-corrected chi connectivity index (χ2v) is 7.74. The van der Waals surface area contributed by atoms with Crippen molar-refractivity contribution >= 4 is 23.4 Å². The maximum atomic E-state index is 13.5. The highest BCUT2D eigenvalue weighted by Gasteiger charge is 2.22. The number of carbonyl (C=O) groups excluding carboxylic acids is 1. The molecule has 28 heavy (non-hydrogen) atoms. The van der Waals surface area contributed by atoms with Crippen LogP contribution in [-0.4, -0.2) is 28.2 Å². The van der Waals surface area contributed by atoms with E-state index in [1.165, 1.54) is 29.5 Å². The van der Waals surface area contributed by atoms with Gasteiger partial charge in [0.25, 0.3) is 0 Å². The van der Waals surface area contributed by atoms with Crippen LogP contribution in [0.15, 0.2) is 59.6 Å². The first-order valence-electron chi connectivity index (χ1n) is 9.23. The minimum absolute atomic E-state index is 0.0701. The Morgan fingerprint density at radius 2 is 2.00 bits per heavy atom. The zero-order valence-electron chi connectivity index (χ0n) is 15.6. The molecule has 6 heteroatoms. The van der Waals surface area contributed by atoms with Gasteiger partial charge in [-0.2, -0.15) is 0 Å². The molecule has 0 radical (unpaired) electrons. The number of anilines is 1.